The zero-order chi connectivity index (χ0) is 21.4. The van der Waals surface area contributed by atoms with E-state index in [1.54, 1.807) is 18.5 Å². The lowest BCUT2D eigenvalue weighted by Crippen LogP contribution is -2.40. The molecular weight excluding hydrogens is 386 g/mol. The van der Waals surface area contributed by atoms with Crippen LogP contribution in [-0.2, 0) is 23.1 Å². The van der Waals surface area contributed by atoms with Gasteiger partial charge in [0.1, 0.15) is 11.5 Å². The Bertz CT molecular complexity index is 798. The van der Waals surface area contributed by atoms with Crippen LogP contribution in [0.5, 0.6) is 11.5 Å². The maximum atomic E-state index is 13.6. The van der Waals surface area contributed by atoms with Gasteiger partial charge < -0.3 is 9.47 Å². The highest BCUT2D eigenvalue weighted by Crippen LogP contribution is 2.26. The van der Waals surface area contributed by atoms with Crippen molar-refractivity contribution < 1.29 is 17.9 Å². The molecule has 2 aromatic carbocycles. The van der Waals surface area contributed by atoms with E-state index in [1.165, 1.54) is 0 Å². The number of hydrogen-bond acceptors (Lipinski definition) is 4. The quantitative estimate of drug-likeness (QED) is 0.522. The van der Waals surface area contributed by atoms with Crippen LogP contribution in [0.15, 0.2) is 48.5 Å². The van der Waals surface area contributed by atoms with Gasteiger partial charge in [-0.2, -0.15) is 4.31 Å². The fourth-order valence-electron chi connectivity index (χ4n) is 3.47. The number of nitrogens with zero attached hydrogens (tertiary/aromatic N) is 1. The molecule has 0 fully saturated rings. The summed E-state index contributed by atoms with van der Waals surface area (Å²) < 4.78 is 39.2. The zero-order valence-electron chi connectivity index (χ0n) is 18.1. The summed E-state index contributed by atoms with van der Waals surface area (Å²) in [6.07, 6.45) is 1.43. The van der Waals surface area contributed by atoms with E-state index in [1.807, 2.05) is 69.3 Å². The first-order valence-corrected chi connectivity index (χ1v) is 11.6. The topological polar surface area (TPSA) is 55.8 Å². The van der Waals surface area contributed by atoms with Crippen molar-refractivity contribution in [2.45, 2.75) is 52.0 Å². The molecule has 5 nitrogen and oxygen atoms in total. The fraction of sp³-hybridized carbons (Fsp3) is 0.478. The lowest BCUT2D eigenvalue weighted by molar-refractivity contribution is 0.373. The van der Waals surface area contributed by atoms with Crippen LogP contribution in [0.2, 0.25) is 0 Å². The molecule has 0 aromatic heterocycles. The molecule has 0 heterocycles. The van der Waals surface area contributed by atoms with E-state index in [2.05, 4.69) is 0 Å². The minimum absolute atomic E-state index is 0.0965. The smallest absolute Gasteiger partial charge is 0.217 e. The van der Waals surface area contributed by atoms with E-state index in [-0.39, 0.29) is 5.92 Å². The highest BCUT2D eigenvalue weighted by molar-refractivity contribution is 7.89. The molecule has 2 atom stereocenters. The van der Waals surface area contributed by atoms with Crippen molar-refractivity contribution in [3.05, 3.63) is 59.7 Å². The fourth-order valence-corrected chi connectivity index (χ4v) is 5.71. The second-order valence-corrected chi connectivity index (χ2v) is 9.49. The van der Waals surface area contributed by atoms with Crippen molar-refractivity contribution in [1.82, 2.24) is 4.31 Å². The number of benzene rings is 2. The number of methoxy groups -OCH3 is 2. The van der Waals surface area contributed by atoms with Gasteiger partial charge in [-0.25, -0.2) is 8.42 Å². The zero-order valence-corrected chi connectivity index (χ0v) is 18.9. The molecule has 0 spiro atoms. The summed E-state index contributed by atoms with van der Waals surface area (Å²) in [5.41, 5.74) is 1.86. The molecule has 0 amide bonds. The van der Waals surface area contributed by atoms with Gasteiger partial charge in [-0.3, -0.25) is 0 Å². The Hall–Kier alpha value is -2.05. The second-order valence-electron chi connectivity index (χ2n) is 7.34. The van der Waals surface area contributed by atoms with Crippen LogP contribution in [-0.4, -0.2) is 32.2 Å². The monoisotopic (exact) mass is 419 g/mol. The Morgan fingerprint density at radius 3 is 1.52 bits per heavy atom. The first-order chi connectivity index (χ1) is 13.8. The van der Waals surface area contributed by atoms with Crippen LogP contribution in [0.4, 0.5) is 0 Å². The van der Waals surface area contributed by atoms with Gasteiger partial charge in [0.25, 0.3) is 0 Å². The largest absolute Gasteiger partial charge is 0.497 e. The van der Waals surface area contributed by atoms with Crippen LogP contribution in [0.3, 0.4) is 0 Å². The highest BCUT2D eigenvalue weighted by atomic mass is 32.2. The molecule has 0 aliphatic carbocycles. The van der Waals surface area contributed by atoms with Gasteiger partial charge in [0, 0.05) is 13.1 Å². The molecule has 6 heteroatoms. The predicted molar refractivity (Wildman–Crippen MR) is 118 cm³/mol. The minimum atomic E-state index is -3.48. The van der Waals surface area contributed by atoms with Gasteiger partial charge in [-0.05, 0) is 47.7 Å². The lowest BCUT2D eigenvalue weighted by Gasteiger charge is -2.30. The van der Waals surface area contributed by atoms with Gasteiger partial charge in [-0.1, -0.05) is 51.5 Å². The molecule has 2 rings (SSSR count). The van der Waals surface area contributed by atoms with E-state index in [4.69, 9.17) is 9.47 Å². The molecular formula is C23H33NO4S. The average molecular weight is 420 g/mol. The summed E-state index contributed by atoms with van der Waals surface area (Å²) in [5.74, 6) is 1.60. The Morgan fingerprint density at radius 1 is 0.793 bits per heavy atom. The Labute approximate surface area is 175 Å². The summed E-state index contributed by atoms with van der Waals surface area (Å²) in [6.45, 7) is 6.66. The van der Waals surface area contributed by atoms with Crippen molar-refractivity contribution in [1.29, 1.82) is 0 Å². The number of hydrogen-bond donors (Lipinski definition) is 0. The standard InChI is InChI=1S/C23H33NO4S/c1-6-18(3)23(7-2)29(25,26)24(16-19-8-12-21(27-4)13-9-19)17-20-10-14-22(28-5)15-11-20/h8-15,18,23H,6-7,16-17H2,1-5H3/t18-,23-/m0/s1. The van der Waals surface area contributed by atoms with Gasteiger partial charge >= 0.3 is 0 Å². The van der Waals surface area contributed by atoms with Crippen molar-refractivity contribution in [3.8, 4) is 11.5 Å². The number of sulfonamides is 1. The van der Waals surface area contributed by atoms with E-state index in [9.17, 15) is 8.42 Å². The Morgan fingerprint density at radius 2 is 1.21 bits per heavy atom. The van der Waals surface area contributed by atoms with Gasteiger partial charge in [0.2, 0.25) is 10.0 Å². The van der Waals surface area contributed by atoms with Crippen LogP contribution in [0.1, 0.15) is 44.7 Å². The number of ether oxygens (including phenoxy) is 2. The first-order valence-electron chi connectivity index (χ1n) is 10.1. The maximum absolute atomic E-state index is 13.6. The molecule has 0 N–H and O–H groups in total. The van der Waals surface area contributed by atoms with Gasteiger partial charge in [-0.15, -0.1) is 0 Å². The van der Waals surface area contributed by atoms with E-state index in [0.29, 0.717) is 19.5 Å². The van der Waals surface area contributed by atoms with Crippen LogP contribution in [0, 0.1) is 5.92 Å². The molecule has 0 saturated heterocycles. The third-order valence-corrected chi connectivity index (χ3v) is 8.00. The molecule has 0 aliphatic heterocycles. The highest BCUT2D eigenvalue weighted by Gasteiger charge is 2.34. The summed E-state index contributed by atoms with van der Waals surface area (Å²) in [6, 6.07) is 15.1. The SMILES string of the molecule is CC[C@H](C)[C@H](CC)S(=O)(=O)N(Cc1ccc(OC)cc1)Cc1ccc(OC)cc1. The summed E-state index contributed by atoms with van der Waals surface area (Å²) in [4.78, 5) is 0. The van der Waals surface area contributed by atoms with Gasteiger partial charge in [0.05, 0.1) is 19.5 Å². The summed E-state index contributed by atoms with van der Waals surface area (Å²) in [7, 11) is -0.245. The summed E-state index contributed by atoms with van der Waals surface area (Å²) >= 11 is 0. The normalized spacial score (nSPS) is 13.9. The third-order valence-electron chi connectivity index (χ3n) is 5.46. The Kier molecular flexibility index (Phi) is 8.53. The van der Waals surface area contributed by atoms with Crippen molar-refractivity contribution in [3.63, 3.8) is 0 Å². The first kappa shape index (κ1) is 23.2. The Balaban J connectivity index is 2.36. The van der Waals surface area contributed by atoms with Crippen LogP contribution < -0.4 is 9.47 Å². The molecule has 29 heavy (non-hydrogen) atoms. The maximum Gasteiger partial charge on any atom is 0.217 e. The van der Waals surface area contributed by atoms with Crippen molar-refractivity contribution >= 4 is 10.0 Å². The van der Waals surface area contributed by atoms with Crippen LogP contribution >= 0.6 is 0 Å². The van der Waals surface area contributed by atoms with Crippen molar-refractivity contribution in [2.24, 2.45) is 5.92 Å². The second kappa shape index (κ2) is 10.6. The molecule has 0 saturated carbocycles. The molecule has 0 unspecified atom stereocenters. The van der Waals surface area contributed by atoms with E-state index >= 15 is 0 Å². The average Bonchev–Trinajstić information content (AvgIpc) is 2.74. The molecule has 160 valence electrons. The third kappa shape index (κ3) is 5.97. The van der Waals surface area contributed by atoms with Crippen LogP contribution in [0.25, 0.3) is 0 Å². The van der Waals surface area contributed by atoms with E-state index in [0.717, 1.165) is 29.0 Å². The van der Waals surface area contributed by atoms with Crippen molar-refractivity contribution in [2.75, 3.05) is 14.2 Å². The predicted octanol–water partition coefficient (Wildman–Crippen LogP) is 4.86. The molecule has 0 aliphatic rings. The molecule has 0 radical (unpaired) electrons. The molecule has 2 aromatic rings. The number of rotatable bonds is 11. The molecule has 0 bridgehead atoms. The minimum Gasteiger partial charge on any atom is -0.497 e. The summed E-state index contributed by atoms with van der Waals surface area (Å²) in [5, 5.41) is -0.399. The van der Waals surface area contributed by atoms with E-state index < -0.39 is 15.3 Å². The van der Waals surface area contributed by atoms with Gasteiger partial charge in [0.15, 0.2) is 0 Å². The lowest BCUT2D eigenvalue weighted by atomic mass is 10.0.